The predicted molar refractivity (Wildman–Crippen MR) is 72.6 cm³/mol. The summed E-state index contributed by atoms with van der Waals surface area (Å²) in [6.07, 6.45) is 0.659. The molecule has 6 heteroatoms. The quantitative estimate of drug-likeness (QED) is 0.769. The monoisotopic (exact) mass is 277 g/mol. The number of rotatable bonds is 6. The van der Waals surface area contributed by atoms with Gasteiger partial charge in [-0.2, -0.15) is 23.5 Å². The van der Waals surface area contributed by atoms with Crippen LogP contribution in [0.15, 0.2) is 0 Å². The van der Waals surface area contributed by atoms with Crippen molar-refractivity contribution in [3.63, 3.8) is 0 Å². The molecule has 2 atom stereocenters. The summed E-state index contributed by atoms with van der Waals surface area (Å²) < 4.78 is 0. The van der Waals surface area contributed by atoms with E-state index in [4.69, 9.17) is 5.11 Å². The van der Waals surface area contributed by atoms with E-state index in [0.717, 1.165) is 11.5 Å². The Kier molecular flexibility index (Phi) is 6.80. The molecule has 0 aromatic heterocycles. The lowest BCUT2D eigenvalue weighted by Crippen LogP contribution is -2.32. The lowest BCUT2D eigenvalue weighted by Gasteiger charge is -2.20. The van der Waals surface area contributed by atoms with Gasteiger partial charge in [-0.15, -0.1) is 0 Å². The van der Waals surface area contributed by atoms with Crippen LogP contribution in [-0.4, -0.2) is 46.0 Å². The van der Waals surface area contributed by atoms with Crippen LogP contribution in [0.4, 0.5) is 0 Å². The lowest BCUT2D eigenvalue weighted by atomic mass is 10.1. The summed E-state index contributed by atoms with van der Waals surface area (Å²) in [7, 11) is 0. The Hall–Kier alpha value is -0.360. The summed E-state index contributed by atoms with van der Waals surface area (Å²) in [6.45, 7) is 2.29. The molecule has 2 N–H and O–H groups in total. The molecule has 0 radical (unpaired) electrons. The SMILES string of the molecule is CC(CNC(=O)CC1CSCCS1)CC(=O)O. The van der Waals surface area contributed by atoms with E-state index in [1.165, 1.54) is 5.75 Å². The van der Waals surface area contributed by atoms with Crippen molar-refractivity contribution in [2.45, 2.75) is 25.0 Å². The van der Waals surface area contributed by atoms with Gasteiger partial charge in [-0.1, -0.05) is 6.92 Å². The maximum atomic E-state index is 11.6. The number of carboxylic acids is 1. The molecule has 17 heavy (non-hydrogen) atoms. The summed E-state index contributed by atoms with van der Waals surface area (Å²) in [5.41, 5.74) is 0. The van der Waals surface area contributed by atoms with Crippen LogP contribution in [0.5, 0.6) is 0 Å². The van der Waals surface area contributed by atoms with Crippen LogP contribution in [0, 0.1) is 5.92 Å². The number of carbonyl (C=O) groups excluding carboxylic acids is 1. The van der Waals surface area contributed by atoms with Crippen LogP contribution in [-0.2, 0) is 9.59 Å². The van der Waals surface area contributed by atoms with Crippen LogP contribution in [0.3, 0.4) is 0 Å². The molecule has 0 aromatic carbocycles. The van der Waals surface area contributed by atoms with Crippen LogP contribution < -0.4 is 5.32 Å². The molecule has 2 unspecified atom stereocenters. The normalized spacial score (nSPS) is 21.8. The van der Waals surface area contributed by atoms with Crippen molar-refractivity contribution in [3.05, 3.63) is 0 Å². The number of hydrogen-bond acceptors (Lipinski definition) is 4. The second-order valence-corrected chi connectivity index (χ2v) is 6.84. The average Bonchev–Trinajstić information content (AvgIpc) is 2.27. The number of aliphatic carboxylic acids is 1. The molecule has 0 aromatic rings. The standard InChI is InChI=1S/C11H19NO3S2/c1-8(4-11(14)15)6-12-10(13)5-9-7-16-2-3-17-9/h8-9H,2-7H2,1H3,(H,12,13)(H,14,15). The van der Waals surface area contributed by atoms with Gasteiger partial charge in [0.25, 0.3) is 0 Å². The van der Waals surface area contributed by atoms with Crippen LogP contribution in [0.25, 0.3) is 0 Å². The molecule has 98 valence electrons. The maximum Gasteiger partial charge on any atom is 0.303 e. The van der Waals surface area contributed by atoms with Crippen molar-refractivity contribution in [2.75, 3.05) is 23.8 Å². The van der Waals surface area contributed by atoms with Gasteiger partial charge in [-0.05, 0) is 5.92 Å². The Bertz CT molecular complexity index is 267. The zero-order chi connectivity index (χ0) is 12.7. The Labute approximate surface area is 110 Å². The molecule has 1 aliphatic rings. The molecule has 0 bridgehead atoms. The minimum Gasteiger partial charge on any atom is -0.481 e. The van der Waals surface area contributed by atoms with Crippen molar-refractivity contribution in [1.29, 1.82) is 0 Å². The molecule has 0 saturated carbocycles. The van der Waals surface area contributed by atoms with E-state index in [1.54, 1.807) is 0 Å². The Morgan fingerprint density at radius 1 is 1.47 bits per heavy atom. The molecular weight excluding hydrogens is 258 g/mol. The highest BCUT2D eigenvalue weighted by atomic mass is 32.2. The van der Waals surface area contributed by atoms with Gasteiger partial charge in [0.2, 0.25) is 5.91 Å². The summed E-state index contributed by atoms with van der Waals surface area (Å²) in [6, 6.07) is 0. The summed E-state index contributed by atoms with van der Waals surface area (Å²) in [4.78, 5) is 22.1. The number of amides is 1. The fraction of sp³-hybridized carbons (Fsp3) is 0.818. The number of nitrogens with one attached hydrogen (secondary N) is 1. The van der Waals surface area contributed by atoms with Crippen LogP contribution >= 0.6 is 23.5 Å². The highest BCUT2D eigenvalue weighted by Crippen LogP contribution is 2.26. The van der Waals surface area contributed by atoms with Gasteiger partial charge in [0, 0.05) is 41.9 Å². The molecule has 1 amide bonds. The van der Waals surface area contributed by atoms with Gasteiger partial charge < -0.3 is 10.4 Å². The molecule has 1 fully saturated rings. The highest BCUT2D eigenvalue weighted by molar-refractivity contribution is 8.06. The van der Waals surface area contributed by atoms with Crippen molar-refractivity contribution < 1.29 is 14.7 Å². The maximum absolute atomic E-state index is 11.6. The smallest absolute Gasteiger partial charge is 0.303 e. The molecule has 1 saturated heterocycles. The number of thioether (sulfide) groups is 2. The molecular formula is C11H19NO3S2. The van der Waals surface area contributed by atoms with E-state index in [-0.39, 0.29) is 18.2 Å². The van der Waals surface area contributed by atoms with E-state index in [0.29, 0.717) is 18.2 Å². The van der Waals surface area contributed by atoms with Gasteiger partial charge in [0.1, 0.15) is 0 Å². The van der Waals surface area contributed by atoms with Crippen LogP contribution in [0.1, 0.15) is 19.8 Å². The highest BCUT2D eigenvalue weighted by Gasteiger charge is 2.18. The molecule has 4 nitrogen and oxygen atoms in total. The van der Waals surface area contributed by atoms with Gasteiger partial charge in [-0.25, -0.2) is 0 Å². The van der Waals surface area contributed by atoms with Crippen molar-refractivity contribution in [3.8, 4) is 0 Å². The summed E-state index contributed by atoms with van der Waals surface area (Å²) in [5, 5.41) is 11.8. The van der Waals surface area contributed by atoms with Gasteiger partial charge in [0.15, 0.2) is 0 Å². The Morgan fingerprint density at radius 3 is 2.82 bits per heavy atom. The Morgan fingerprint density at radius 2 is 2.24 bits per heavy atom. The number of carbonyl (C=O) groups is 2. The summed E-state index contributed by atoms with van der Waals surface area (Å²) in [5.74, 6) is 2.57. The van der Waals surface area contributed by atoms with Gasteiger partial charge >= 0.3 is 5.97 Å². The third-order valence-corrected chi connectivity index (χ3v) is 5.31. The fourth-order valence-electron chi connectivity index (χ4n) is 1.59. The zero-order valence-corrected chi connectivity index (χ0v) is 11.6. The number of carboxylic acid groups (broad SMARTS) is 1. The minimum atomic E-state index is -0.814. The second kappa shape index (κ2) is 7.87. The molecule has 1 rings (SSSR count). The minimum absolute atomic E-state index is 0.00941. The fourth-order valence-corrected chi connectivity index (χ4v) is 4.27. The van der Waals surface area contributed by atoms with Crippen LogP contribution in [0.2, 0.25) is 0 Å². The van der Waals surface area contributed by atoms with Gasteiger partial charge in [-0.3, -0.25) is 9.59 Å². The van der Waals surface area contributed by atoms with E-state index in [9.17, 15) is 9.59 Å². The van der Waals surface area contributed by atoms with E-state index < -0.39 is 5.97 Å². The first kappa shape index (κ1) is 14.7. The second-order valence-electron chi connectivity index (χ2n) is 4.28. The van der Waals surface area contributed by atoms with Crippen molar-refractivity contribution >= 4 is 35.4 Å². The summed E-state index contributed by atoms with van der Waals surface area (Å²) >= 11 is 3.76. The van der Waals surface area contributed by atoms with E-state index >= 15 is 0 Å². The third-order valence-electron chi connectivity index (χ3n) is 2.47. The average molecular weight is 277 g/mol. The van der Waals surface area contributed by atoms with E-state index in [2.05, 4.69) is 5.32 Å². The predicted octanol–water partition coefficient (Wildman–Crippen LogP) is 1.45. The molecule has 0 spiro atoms. The zero-order valence-electron chi connectivity index (χ0n) is 9.98. The number of hydrogen-bond donors (Lipinski definition) is 2. The lowest BCUT2D eigenvalue weighted by molar-refractivity contribution is -0.138. The topological polar surface area (TPSA) is 66.4 Å². The Balaban J connectivity index is 2.13. The largest absolute Gasteiger partial charge is 0.481 e. The van der Waals surface area contributed by atoms with Crippen molar-refractivity contribution in [1.82, 2.24) is 5.32 Å². The van der Waals surface area contributed by atoms with Crippen molar-refractivity contribution in [2.24, 2.45) is 5.92 Å². The third kappa shape index (κ3) is 6.83. The van der Waals surface area contributed by atoms with E-state index in [1.807, 2.05) is 30.4 Å². The molecule has 0 aliphatic carbocycles. The first-order valence-corrected chi connectivity index (χ1v) is 7.96. The molecule has 1 aliphatic heterocycles. The first-order chi connectivity index (χ1) is 8.08. The van der Waals surface area contributed by atoms with Gasteiger partial charge in [0.05, 0.1) is 0 Å². The molecule has 1 heterocycles. The first-order valence-electron chi connectivity index (χ1n) is 5.75.